The molecule has 0 radical (unpaired) electrons. The Morgan fingerprint density at radius 1 is 1.03 bits per heavy atom. The third-order valence-electron chi connectivity index (χ3n) is 5.76. The van der Waals surface area contributed by atoms with Crippen LogP contribution in [-0.4, -0.2) is 42.8 Å². The molecule has 0 aliphatic heterocycles. The molecular weight excluding hydrogens is 480 g/mol. The van der Waals surface area contributed by atoms with Crippen LogP contribution >= 0.6 is 24.2 Å². The quantitative estimate of drug-likeness (QED) is 0.256. The molecule has 0 fully saturated rings. The SMILES string of the molecule is CCCC(CCC)SCCC(=O)O[C@H](CNCc1cccc(OC)c1)[C@@H](N)Cc1ccccc1.Cl. The smallest absolute Gasteiger partial charge is 0.306 e. The summed E-state index contributed by atoms with van der Waals surface area (Å²) in [6, 6.07) is 17.8. The molecule has 7 heteroatoms. The summed E-state index contributed by atoms with van der Waals surface area (Å²) in [5.74, 6) is 1.45. The van der Waals surface area contributed by atoms with Gasteiger partial charge < -0.3 is 20.5 Å². The highest BCUT2D eigenvalue weighted by atomic mass is 35.5. The van der Waals surface area contributed by atoms with Gasteiger partial charge in [-0.05, 0) is 42.5 Å². The molecule has 0 unspecified atom stereocenters. The molecule has 0 spiro atoms. The predicted molar refractivity (Wildman–Crippen MR) is 151 cm³/mol. The molecule has 0 aromatic heterocycles. The normalized spacial score (nSPS) is 12.6. The van der Waals surface area contributed by atoms with Crippen molar-refractivity contribution < 1.29 is 14.3 Å². The Morgan fingerprint density at radius 2 is 1.71 bits per heavy atom. The monoisotopic (exact) mass is 522 g/mol. The standard InChI is InChI=1S/C28H42N2O3S.ClH/c1-4-10-25(11-5-2)34-17-16-28(31)33-27(26(29)19-22-12-7-6-8-13-22)21-30-20-23-14-9-15-24(18-23)32-3;/h6-9,12-15,18,25-27,30H,4-5,10-11,16-17,19-21,29H2,1-3H3;1H/t26-,27+;/m0./s1. The Balaban J connectivity index is 0.00000612. The van der Waals surface area contributed by atoms with Gasteiger partial charge in [0.2, 0.25) is 0 Å². The van der Waals surface area contributed by atoms with E-state index >= 15 is 0 Å². The van der Waals surface area contributed by atoms with Crippen molar-refractivity contribution >= 4 is 30.1 Å². The van der Waals surface area contributed by atoms with Gasteiger partial charge in [-0.25, -0.2) is 0 Å². The lowest BCUT2D eigenvalue weighted by Gasteiger charge is -2.25. The van der Waals surface area contributed by atoms with Crippen molar-refractivity contribution in [3.63, 3.8) is 0 Å². The molecule has 0 heterocycles. The number of methoxy groups -OCH3 is 1. The fraction of sp³-hybridized carbons (Fsp3) is 0.536. The highest BCUT2D eigenvalue weighted by Gasteiger charge is 2.22. The summed E-state index contributed by atoms with van der Waals surface area (Å²) in [5, 5.41) is 4.04. The summed E-state index contributed by atoms with van der Waals surface area (Å²) in [6.45, 7) is 5.58. The molecule has 0 aliphatic carbocycles. The van der Waals surface area contributed by atoms with E-state index in [1.165, 1.54) is 25.7 Å². The van der Waals surface area contributed by atoms with Gasteiger partial charge in [0.05, 0.1) is 13.5 Å². The number of halogens is 1. The van der Waals surface area contributed by atoms with Crippen LogP contribution < -0.4 is 15.8 Å². The molecule has 0 aliphatic rings. The number of benzene rings is 2. The number of carbonyl (C=O) groups is 1. The van der Waals surface area contributed by atoms with E-state index in [4.69, 9.17) is 15.2 Å². The number of rotatable bonds is 17. The van der Waals surface area contributed by atoms with Gasteiger partial charge in [-0.2, -0.15) is 11.8 Å². The largest absolute Gasteiger partial charge is 0.497 e. The minimum absolute atomic E-state index is 0. The van der Waals surface area contributed by atoms with Crippen LogP contribution in [0.1, 0.15) is 57.1 Å². The fourth-order valence-corrected chi connectivity index (χ4v) is 5.35. The van der Waals surface area contributed by atoms with Crippen LogP contribution in [0.15, 0.2) is 54.6 Å². The van der Waals surface area contributed by atoms with E-state index < -0.39 is 6.10 Å². The van der Waals surface area contributed by atoms with Crippen LogP contribution in [-0.2, 0) is 22.5 Å². The summed E-state index contributed by atoms with van der Waals surface area (Å²) < 4.78 is 11.2. The van der Waals surface area contributed by atoms with Gasteiger partial charge in [0.15, 0.2) is 0 Å². The Bertz CT molecular complexity index is 819. The first-order valence-electron chi connectivity index (χ1n) is 12.5. The van der Waals surface area contributed by atoms with E-state index in [0.717, 1.165) is 22.6 Å². The molecule has 3 N–H and O–H groups in total. The highest BCUT2D eigenvalue weighted by molar-refractivity contribution is 7.99. The summed E-state index contributed by atoms with van der Waals surface area (Å²) in [6.07, 6.45) is 5.43. The van der Waals surface area contributed by atoms with E-state index in [-0.39, 0.29) is 24.4 Å². The molecule has 0 bridgehead atoms. The molecule has 0 amide bonds. The van der Waals surface area contributed by atoms with Gasteiger partial charge in [0.25, 0.3) is 0 Å². The Labute approximate surface area is 222 Å². The van der Waals surface area contributed by atoms with Crippen LogP contribution in [0.25, 0.3) is 0 Å². The van der Waals surface area contributed by atoms with E-state index in [1.807, 2.05) is 54.2 Å². The molecule has 0 saturated carbocycles. The Morgan fingerprint density at radius 3 is 2.37 bits per heavy atom. The van der Waals surface area contributed by atoms with Crippen molar-refractivity contribution in [2.45, 2.75) is 76.3 Å². The van der Waals surface area contributed by atoms with Crippen molar-refractivity contribution in [2.75, 3.05) is 19.4 Å². The lowest BCUT2D eigenvalue weighted by molar-refractivity contribution is -0.149. The maximum absolute atomic E-state index is 12.7. The fourth-order valence-electron chi connectivity index (χ4n) is 3.93. The van der Waals surface area contributed by atoms with Crippen molar-refractivity contribution in [1.29, 1.82) is 0 Å². The zero-order chi connectivity index (χ0) is 24.6. The minimum atomic E-state index is -0.398. The lowest BCUT2D eigenvalue weighted by atomic mass is 10.0. The number of esters is 1. The van der Waals surface area contributed by atoms with Gasteiger partial charge in [-0.1, -0.05) is 69.2 Å². The second-order valence-corrected chi connectivity index (χ2v) is 10.1. The maximum Gasteiger partial charge on any atom is 0.306 e. The molecule has 35 heavy (non-hydrogen) atoms. The first-order chi connectivity index (χ1) is 16.5. The van der Waals surface area contributed by atoms with E-state index in [0.29, 0.717) is 31.2 Å². The topological polar surface area (TPSA) is 73.6 Å². The first-order valence-corrected chi connectivity index (χ1v) is 13.5. The number of hydrogen-bond donors (Lipinski definition) is 2. The molecule has 2 aromatic carbocycles. The zero-order valence-corrected chi connectivity index (χ0v) is 23.0. The second-order valence-electron chi connectivity index (χ2n) is 8.68. The van der Waals surface area contributed by atoms with Crippen LogP contribution in [0, 0.1) is 0 Å². The molecule has 2 aromatic rings. The highest BCUT2D eigenvalue weighted by Crippen LogP contribution is 2.22. The van der Waals surface area contributed by atoms with E-state index in [2.05, 4.69) is 31.3 Å². The Hall–Kier alpha value is -1.73. The number of nitrogens with two attached hydrogens (primary N) is 1. The summed E-state index contributed by atoms with van der Waals surface area (Å²) >= 11 is 1.90. The number of hydrogen-bond acceptors (Lipinski definition) is 6. The number of thioether (sulfide) groups is 1. The van der Waals surface area contributed by atoms with Crippen molar-refractivity contribution in [3.05, 3.63) is 65.7 Å². The third kappa shape index (κ3) is 12.7. The molecule has 0 saturated heterocycles. The van der Waals surface area contributed by atoms with E-state index in [1.54, 1.807) is 7.11 Å². The van der Waals surface area contributed by atoms with E-state index in [9.17, 15) is 4.79 Å². The molecule has 196 valence electrons. The number of ether oxygens (including phenoxy) is 2. The summed E-state index contributed by atoms with van der Waals surface area (Å²) in [4.78, 5) is 12.7. The predicted octanol–water partition coefficient (Wildman–Crippen LogP) is 5.78. The summed E-state index contributed by atoms with van der Waals surface area (Å²) in [7, 11) is 1.66. The number of nitrogens with one attached hydrogen (secondary N) is 1. The van der Waals surface area contributed by atoms with Gasteiger partial charge in [0.1, 0.15) is 11.9 Å². The van der Waals surface area contributed by atoms with Gasteiger partial charge in [-0.15, -0.1) is 12.4 Å². The van der Waals surface area contributed by atoms with Crippen LogP contribution in [0.5, 0.6) is 5.75 Å². The number of carbonyl (C=O) groups excluding carboxylic acids is 1. The average Bonchev–Trinajstić information content (AvgIpc) is 2.84. The maximum atomic E-state index is 12.7. The van der Waals surface area contributed by atoms with Crippen LogP contribution in [0.4, 0.5) is 0 Å². The molecule has 2 atom stereocenters. The molecule has 2 rings (SSSR count). The molecular formula is C28H43ClN2O3S. The zero-order valence-electron chi connectivity index (χ0n) is 21.4. The van der Waals surface area contributed by atoms with Gasteiger partial charge in [0, 0.05) is 30.1 Å². The molecule has 5 nitrogen and oxygen atoms in total. The van der Waals surface area contributed by atoms with Crippen molar-refractivity contribution in [3.8, 4) is 5.75 Å². The lowest BCUT2D eigenvalue weighted by Crippen LogP contribution is -2.46. The second kappa shape index (κ2) is 18.5. The van der Waals surface area contributed by atoms with Crippen molar-refractivity contribution in [1.82, 2.24) is 5.32 Å². The minimum Gasteiger partial charge on any atom is -0.497 e. The van der Waals surface area contributed by atoms with Crippen LogP contribution in [0.3, 0.4) is 0 Å². The average molecular weight is 523 g/mol. The Kier molecular flexibility index (Phi) is 16.6. The van der Waals surface area contributed by atoms with Crippen molar-refractivity contribution in [2.24, 2.45) is 5.73 Å². The summed E-state index contributed by atoms with van der Waals surface area (Å²) in [5.41, 5.74) is 8.78. The first kappa shape index (κ1) is 31.3. The van der Waals surface area contributed by atoms with Crippen LogP contribution in [0.2, 0.25) is 0 Å². The van der Waals surface area contributed by atoms with Gasteiger partial charge in [-0.3, -0.25) is 4.79 Å². The third-order valence-corrected chi connectivity index (χ3v) is 7.15. The van der Waals surface area contributed by atoms with Gasteiger partial charge >= 0.3 is 5.97 Å².